The van der Waals surface area contributed by atoms with E-state index in [4.69, 9.17) is 0 Å². The van der Waals surface area contributed by atoms with E-state index in [1.807, 2.05) is 13.0 Å². The molecule has 0 aliphatic carbocycles. The summed E-state index contributed by atoms with van der Waals surface area (Å²) >= 11 is 0. The minimum atomic E-state index is -0.562. The van der Waals surface area contributed by atoms with E-state index in [0.717, 1.165) is 5.56 Å². The molecule has 0 aliphatic heterocycles. The number of carbonyl (C=O) groups is 2. The zero-order valence-corrected chi connectivity index (χ0v) is 13.7. The van der Waals surface area contributed by atoms with Crippen LogP contribution in [0.25, 0.3) is 5.65 Å². The van der Waals surface area contributed by atoms with Gasteiger partial charge in [0.2, 0.25) is 5.91 Å². The molecule has 2 N–H and O–H groups in total. The van der Waals surface area contributed by atoms with Gasteiger partial charge in [0.1, 0.15) is 11.2 Å². The number of amides is 2. The lowest BCUT2D eigenvalue weighted by atomic mass is 10.2. The van der Waals surface area contributed by atoms with Gasteiger partial charge in [0.05, 0.1) is 0 Å². The molecule has 3 aromatic rings. The van der Waals surface area contributed by atoms with Crippen molar-refractivity contribution in [3.05, 3.63) is 70.3 Å². The van der Waals surface area contributed by atoms with Crippen LogP contribution in [0.2, 0.25) is 0 Å². The van der Waals surface area contributed by atoms with Crippen molar-refractivity contribution in [2.75, 3.05) is 10.6 Å². The lowest BCUT2D eigenvalue weighted by Crippen LogP contribution is -2.26. The van der Waals surface area contributed by atoms with Crippen molar-refractivity contribution in [1.82, 2.24) is 9.38 Å². The molecule has 126 valence electrons. The van der Waals surface area contributed by atoms with E-state index in [2.05, 4.69) is 15.6 Å². The Morgan fingerprint density at radius 3 is 2.52 bits per heavy atom. The Bertz CT molecular complexity index is 1040. The molecule has 0 bridgehead atoms. The molecule has 3 rings (SSSR count). The molecule has 1 aromatic carbocycles. The zero-order valence-electron chi connectivity index (χ0n) is 13.7. The molecule has 2 amide bonds. The number of hydrogen-bond acceptors (Lipinski definition) is 4. The SMILES string of the molecule is CC(=O)Nc1cccc(NC(=O)c2cnc3ccc(C)cn3c2=O)c1. The predicted octanol–water partition coefficient (Wildman–Crippen LogP) is 2.21. The highest BCUT2D eigenvalue weighted by Crippen LogP contribution is 2.15. The van der Waals surface area contributed by atoms with Crippen LogP contribution in [-0.4, -0.2) is 21.2 Å². The molecule has 0 fully saturated rings. The maximum atomic E-state index is 12.5. The van der Waals surface area contributed by atoms with Crippen LogP contribution in [0, 0.1) is 6.92 Å². The highest BCUT2D eigenvalue weighted by Gasteiger charge is 2.14. The highest BCUT2D eigenvalue weighted by atomic mass is 16.2. The van der Waals surface area contributed by atoms with Crippen LogP contribution in [0.3, 0.4) is 0 Å². The minimum absolute atomic E-state index is 0.0620. The lowest BCUT2D eigenvalue weighted by molar-refractivity contribution is -0.114. The van der Waals surface area contributed by atoms with Gasteiger partial charge in [-0.3, -0.25) is 18.8 Å². The number of rotatable bonds is 3. The van der Waals surface area contributed by atoms with Crippen molar-refractivity contribution in [2.24, 2.45) is 0 Å². The number of aryl methyl sites for hydroxylation is 1. The minimum Gasteiger partial charge on any atom is -0.326 e. The maximum Gasteiger partial charge on any atom is 0.270 e. The molecule has 0 saturated heterocycles. The van der Waals surface area contributed by atoms with Gasteiger partial charge < -0.3 is 10.6 Å². The molecular weight excluding hydrogens is 320 g/mol. The van der Waals surface area contributed by atoms with Gasteiger partial charge in [-0.25, -0.2) is 4.98 Å². The molecule has 0 saturated carbocycles. The van der Waals surface area contributed by atoms with Gasteiger partial charge in [0.25, 0.3) is 11.5 Å². The Morgan fingerprint density at radius 1 is 1.08 bits per heavy atom. The summed E-state index contributed by atoms with van der Waals surface area (Å²) in [6.07, 6.45) is 2.90. The summed E-state index contributed by atoms with van der Waals surface area (Å²) in [7, 11) is 0. The summed E-state index contributed by atoms with van der Waals surface area (Å²) in [4.78, 5) is 40.2. The second-order valence-electron chi connectivity index (χ2n) is 5.63. The first-order chi connectivity index (χ1) is 11.9. The van der Waals surface area contributed by atoms with Crippen LogP contribution < -0.4 is 16.2 Å². The number of anilines is 2. The fourth-order valence-electron chi connectivity index (χ4n) is 2.41. The number of fused-ring (bicyclic) bond motifs is 1. The van der Waals surface area contributed by atoms with Gasteiger partial charge in [-0.15, -0.1) is 0 Å². The number of nitrogens with zero attached hydrogens (tertiary/aromatic N) is 2. The Hall–Kier alpha value is -3.48. The average molecular weight is 336 g/mol. The maximum absolute atomic E-state index is 12.5. The average Bonchev–Trinajstić information content (AvgIpc) is 2.55. The van der Waals surface area contributed by atoms with Crippen molar-refractivity contribution in [3.63, 3.8) is 0 Å². The third-order valence-electron chi connectivity index (χ3n) is 3.54. The summed E-state index contributed by atoms with van der Waals surface area (Å²) in [6.45, 7) is 3.25. The second kappa shape index (κ2) is 6.56. The summed E-state index contributed by atoms with van der Waals surface area (Å²) in [5.41, 5.74) is 1.87. The summed E-state index contributed by atoms with van der Waals surface area (Å²) in [6, 6.07) is 10.2. The van der Waals surface area contributed by atoms with Crippen molar-refractivity contribution in [2.45, 2.75) is 13.8 Å². The number of hydrogen-bond donors (Lipinski definition) is 2. The molecule has 2 aromatic heterocycles. The van der Waals surface area contributed by atoms with Crippen molar-refractivity contribution in [1.29, 1.82) is 0 Å². The first-order valence-electron chi connectivity index (χ1n) is 7.61. The number of nitrogens with one attached hydrogen (secondary N) is 2. The van der Waals surface area contributed by atoms with E-state index < -0.39 is 11.5 Å². The van der Waals surface area contributed by atoms with Crippen LogP contribution in [0.5, 0.6) is 0 Å². The fourth-order valence-corrected chi connectivity index (χ4v) is 2.41. The number of aromatic nitrogens is 2. The van der Waals surface area contributed by atoms with Gasteiger partial charge in [-0.2, -0.15) is 0 Å². The lowest BCUT2D eigenvalue weighted by Gasteiger charge is -2.08. The van der Waals surface area contributed by atoms with Crippen LogP contribution in [0.1, 0.15) is 22.8 Å². The summed E-state index contributed by atoms with van der Waals surface area (Å²) < 4.78 is 1.35. The molecule has 0 aliphatic rings. The highest BCUT2D eigenvalue weighted by molar-refractivity contribution is 6.04. The molecule has 0 spiro atoms. The molecule has 2 heterocycles. The molecular formula is C18H16N4O3. The topological polar surface area (TPSA) is 92.6 Å². The molecule has 25 heavy (non-hydrogen) atoms. The first kappa shape index (κ1) is 16.4. The molecule has 7 heteroatoms. The Kier molecular flexibility index (Phi) is 4.30. The van der Waals surface area contributed by atoms with Gasteiger partial charge in [-0.1, -0.05) is 12.1 Å². The van der Waals surface area contributed by atoms with E-state index in [1.165, 1.54) is 17.5 Å². The van der Waals surface area contributed by atoms with Gasteiger partial charge >= 0.3 is 0 Å². The van der Waals surface area contributed by atoms with Gasteiger partial charge in [0, 0.05) is 30.7 Å². The van der Waals surface area contributed by atoms with E-state index in [1.54, 1.807) is 36.5 Å². The summed E-state index contributed by atoms with van der Waals surface area (Å²) in [5.74, 6) is -0.774. The third-order valence-corrected chi connectivity index (χ3v) is 3.54. The quantitative estimate of drug-likeness (QED) is 0.767. The zero-order chi connectivity index (χ0) is 18.0. The molecule has 0 unspecified atom stereocenters. The van der Waals surface area contributed by atoms with E-state index in [0.29, 0.717) is 17.0 Å². The van der Waals surface area contributed by atoms with Crippen molar-refractivity contribution in [3.8, 4) is 0 Å². The number of benzene rings is 1. The standard InChI is InChI=1S/C18H16N4O3/c1-11-6-7-16-19-9-15(18(25)22(16)10-11)17(24)21-14-5-3-4-13(8-14)20-12(2)23/h3-10H,1-2H3,(H,20,23)(H,21,24). The third kappa shape index (κ3) is 3.55. The van der Waals surface area contributed by atoms with E-state index in [9.17, 15) is 14.4 Å². The number of pyridine rings is 1. The number of carbonyl (C=O) groups excluding carboxylic acids is 2. The van der Waals surface area contributed by atoms with Crippen molar-refractivity contribution < 1.29 is 9.59 Å². The van der Waals surface area contributed by atoms with Gasteiger partial charge in [-0.05, 0) is 36.8 Å². The van der Waals surface area contributed by atoms with Crippen LogP contribution >= 0.6 is 0 Å². The van der Waals surface area contributed by atoms with E-state index in [-0.39, 0.29) is 11.5 Å². The predicted molar refractivity (Wildman–Crippen MR) is 94.9 cm³/mol. The second-order valence-corrected chi connectivity index (χ2v) is 5.63. The normalized spacial score (nSPS) is 10.5. The Labute approximate surface area is 143 Å². The summed E-state index contributed by atoms with van der Waals surface area (Å²) in [5, 5.41) is 5.28. The smallest absolute Gasteiger partial charge is 0.270 e. The van der Waals surface area contributed by atoms with Crippen LogP contribution in [-0.2, 0) is 4.79 Å². The van der Waals surface area contributed by atoms with E-state index >= 15 is 0 Å². The Morgan fingerprint density at radius 2 is 1.80 bits per heavy atom. The fraction of sp³-hybridized carbons (Fsp3) is 0.111. The largest absolute Gasteiger partial charge is 0.326 e. The molecule has 7 nitrogen and oxygen atoms in total. The molecule has 0 atom stereocenters. The molecule has 0 radical (unpaired) electrons. The van der Waals surface area contributed by atoms with Gasteiger partial charge in [0.15, 0.2) is 0 Å². The van der Waals surface area contributed by atoms with Crippen molar-refractivity contribution >= 4 is 28.8 Å². The Balaban J connectivity index is 1.91. The van der Waals surface area contributed by atoms with Crippen LogP contribution in [0.15, 0.2) is 53.6 Å². The first-order valence-corrected chi connectivity index (χ1v) is 7.61. The van der Waals surface area contributed by atoms with Crippen LogP contribution in [0.4, 0.5) is 11.4 Å². The monoisotopic (exact) mass is 336 g/mol.